The normalized spacial score (nSPS) is 16.9. The van der Waals surface area contributed by atoms with Gasteiger partial charge in [-0.15, -0.1) is 0 Å². The first-order valence-corrected chi connectivity index (χ1v) is 5.92. The first-order valence-electron chi connectivity index (χ1n) is 5.92. The van der Waals surface area contributed by atoms with Gasteiger partial charge in [0.15, 0.2) is 0 Å². The van der Waals surface area contributed by atoms with Gasteiger partial charge < -0.3 is 5.32 Å². The van der Waals surface area contributed by atoms with Crippen molar-refractivity contribution in [2.45, 2.75) is 32.0 Å². The molecule has 0 aromatic heterocycles. The van der Waals surface area contributed by atoms with Gasteiger partial charge in [-0.3, -0.25) is 0 Å². The maximum atomic E-state index is 12.3. The molecule has 1 aliphatic carbocycles. The average Bonchev–Trinajstić information content (AvgIpc) is 2.21. The summed E-state index contributed by atoms with van der Waals surface area (Å²) in [6.45, 7) is 1.62. The Morgan fingerprint density at radius 1 is 1.12 bits per heavy atom. The van der Waals surface area contributed by atoms with Crippen LogP contribution < -0.4 is 5.32 Å². The van der Waals surface area contributed by atoms with Crippen molar-refractivity contribution >= 4 is 0 Å². The van der Waals surface area contributed by atoms with Gasteiger partial charge in [-0.05, 0) is 43.0 Å². The Morgan fingerprint density at radius 3 is 2.24 bits per heavy atom. The molecule has 1 nitrogen and oxygen atoms in total. The van der Waals surface area contributed by atoms with Crippen LogP contribution in [0.2, 0.25) is 0 Å². The van der Waals surface area contributed by atoms with Gasteiger partial charge in [0.1, 0.15) is 0 Å². The molecule has 0 unspecified atom stereocenters. The Bertz CT molecular complexity index is 352. The van der Waals surface area contributed by atoms with Gasteiger partial charge >= 0.3 is 6.18 Å². The van der Waals surface area contributed by atoms with Gasteiger partial charge in [0.25, 0.3) is 0 Å². The van der Waals surface area contributed by atoms with E-state index in [4.69, 9.17) is 0 Å². The van der Waals surface area contributed by atoms with E-state index in [1.165, 1.54) is 31.4 Å². The molecule has 2 rings (SSSR count). The summed E-state index contributed by atoms with van der Waals surface area (Å²) in [5.41, 5.74) is 0.317. The van der Waals surface area contributed by atoms with Crippen LogP contribution in [0.4, 0.5) is 13.2 Å². The summed E-state index contributed by atoms with van der Waals surface area (Å²) >= 11 is 0. The Labute approximate surface area is 99.0 Å². The maximum absolute atomic E-state index is 12.3. The Morgan fingerprint density at radius 2 is 1.76 bits per heavy atom. The summed E-state index contributed by atoms with van der Waals surface area (Å²) in [4.78, 5) is 0. The highest BCUT2D eigenvalue weighted by Crippen LogP contribution is 2.29. The summed E-state index contributed by atoms with van der Waals surface area (Å²) in [5.74, 6) is 0.768. The third kappa shape index (κ3) is 3.46. The molecule has 1 aromatic rings. The molecule has 4 heteroatoms. The molecule has 1 fully saturated rings. The van der Waals surface area contributed by atoms with E-state index >= 15 is 0 Å². The minimum absolute atomic E-state index is 0.583. The molecule has 0 bridgehead atoms. The van der Waals surface area contributed by atoms with Crippen LogP contribution in [0.5, 0.6) is 0 Å². The van der Waals surface area contributed by atoms with E-state index in [1.54, 1.807) is 0 Å². The van der Waals surface area contributed by atoms with Crippen LogP contribution in [0.1, 0.15) is 30.4 Å². The fourth-order valence-electron chi connectivity index (χ4n) is 1.93. The van der Waals surface area contributed by atoms with E-state index in [1.807, 2.05) is 0 Å². The summed E-state index contributed by atoms with van der Waals surface area (Å²) in [6.07, 6.45) is -0.370. The van der Waals surface area contributed by atoms with Gasteiger partial charge in [-0.1, -0.05) is 18.6 Å². The third-order valence-electron chi connectivity index (χ3n) is 3.27. The van der Waals surface area contributed by atoms with Crippen molar-refractivity contribution in [1.82, 2.24) is 5.32 Å². The Balaban J connectivity index is 1.81. The molecule has 1 aliphatic rings. The topological polar surface area (TPSA) is 12.0 Å². The van der Waals surface area contributed by atoms with E-state index in [0.29, 0.717) is 6.54 Å². The highest BCUT2D eigenvalue weighted by atomic mass is 19.4. The van der Waals surface area contributed by atoms with E-state index in [9.17, 15) is 13.2 Å². The van der Waals surface area contributed by atoms with Crippen LogP contribution in [0.25, 0.3) is 0 Å². The number of benzene rings is 1. The van der Waals surface area contributed by atoms with Crippen LogP contribution in [0, 0.1) is 5.92 Å². The van der Waals surface area contributed by atoms with E-state index in [2.05, 4.69) is 5.32 Å². The van der Waals surface area contributed by atoms with E-state index in [0.717, 1.165) is 30.2 Å². The molecule has 0 amide bonds. The second kappa shape index (κ2) is 5.08. The molecule has 17 heavy (non-hydrogen) atoms. The molecule has 0 spiro atoms. The first-order chi connectivity index (χ1) is 8.05. The molecule has 94 valence electrons. The summed E-state index contributed by atoms with van der Waals surface area (Å²) in [7, 11) is 0. The number of rotatable bonds is 4. The van der Waals surface area contributed by atoms with Crippen LogP contribution in [0.15, 0.2) is 24.3 Å². The minimum atomic E-state index is -4.24. The van der Waals surface area contributed by atoms with Crippen molar-refractivity contribution in [3.05, 3.63) is 35.4 Å². The van der Waals surface area contributed by atoms with Crippen LogP contribution in [-0.4, -0.2) is 6.54 Å². The van der Waals surface area contributed by atoms with Gasteiger partial charge in [0, 0.05) is 6.54 Å². The van der Waals surface area contributed by atoms with Gasteiger partial charge in [0.2, 0.25) is 0 Å². The fourth-order valence-corrected chi connectivity index (χ4v) is 1.93. The SMILES string of the molecule is FC(F)(F)c1ccc(CNCC2CCC2)cc1. The van der Waals surface area contributed by atoms with Gasteiger partial charge in [-0.2, -0.15) is 13.2 Å². The van der Waals surface area contributed by atoms with Crippen LogP contribution in [-0.2, 0) is 12.7 Å². The lowest BCUT2D eigenvalue weighted by atomic mass is 9.85. The summed E-state index contributed by atoms with van der Waals surface area (Å²) in [5, 5.41) is 3.28. The van der Waals surface area contributed by atoms with E-state index in [-0.39, 0.29) is 0 Å². The summed E-state index contributed by atoms with van der Waals surface area (Å²) in [6, 6.07) is 5.36. The van der Waals surface area contributed by atoms with Crippen molar-refractivity contribution in [1.29, 1.82) is 0 Å². The number of hydrogen-bond donors (Lipinski definition) is 1. The quantitative estimate of drug-likeness (QED) is 0.852. The van der Waals surface area contributed by atoms with Gasteiger partial charge in [-0.25, -0.2) is 0 Å². The lowest BCUT2D eigenvalue weighted by Gasteiger charge is -2.25. The average molecular weight is 243 g/mol. The molecular weight excluding hydrogens is 227 g/mol. The molecule has 1 aromatic carbocycles. The summed E-state index contributed by atoms with van der Waals surface area (Å²) < 4.78 is 36.9. The zero-order valence-corrected chi connectivity index (χ0v) is 9.56. The molecule has 0 heterocycles. The van der Waals surface area contributed by atoms with Crippen molar-refractivity contribution in [3.63, 3.8) is 0 Å². The second-order valence-electron chi connectivity index (χ2n) is 4.62. The number of halogens is 3. The zero-order valence-electron chi connectivity index (χ0n) is 9.56. The molecule has 0 atom stereocenters. The lowest BCUT2D eigenvalue weighted by molar-refractivity contribution is -0.137. The number of alkyl halides is 3. The highest BCUT2D eigenvalue weighted by Gasteiger charge is 2.29. The number of hydrogen-bond acceptors (Lipinski definition) is 1. The lowest BCUT2D eigenvalue weighted by Crippen LogP contribution is -2.26. The molecular formula is C13H16F3N. The van der Waals surface area contributed by atoms with Crippen LogP contribution in [0.3, 0.4) is 0 Å². The minimum Gasteiger partial charge on any atom is -0.312 e. The molecule has 0 aliphatic heterocycles. The fraction of sp³-hybridized carbons (Fsp3) is 0.538. The smallest absolute Gasteiger partial charge is 0.312 e. The van der Waals surface area contributed by atoms with Crippen LogP contribution >= 0.6 is 0 Å². The largest absolute Gasteiger partial charge is 0.416 e. The van der Waals surface area contributed by atoms with Crippen molar-refractivity contribution in [3.8, 4) is 0 Å². The van der Waals surface area contributed by atoms with Crippen molar-refractivity contribution < 1.29 is 13.2 Å². The van der Waals surface area contributed by atoms with E-state index < -0.39 is 11.7 Å². The first kappa shape index (κ1) is 12.4. The second-order valence-corrected chi connectivity index (χ2v) is 4.62. The predicted molar refractivity (Wildman–Crippen MR) is 60.5 cm³/mol. The molecule has 0 radical (unpaired) electrons. The monoisotopic (exact) mass is 243 g/mol. The van der Waals surface area contributed by atoms with Crippen molar-refractivity contribution in [2.75, 3.05) is 6.54 Å². The standard InChI is InChI=1S/C13H16F3N/c14-13(15,16)12-6-4-11(5-7-12)9-17-8-10-2-1-3-10/h4-7,10,17H,1-3,8-9H2. The molecule has 0 saturated heterocycles. The van der Waals surface area contributed by atoms with Crippen molar-refractivity contribution in [2.24, 2.45) is 5.92 Å². The van der Waals surface area contributed by atoms with Gasteiger partial charge in [0.05, 0.1) is 5.56 Å². The zero-order chi connectivity index (χ0) is 12.3. The highest BCUT2D eigenvalue weighted by molar-refractivity contribution is 5.24. The Kier molecular flexibility index (Phi) is 3.72. The molecule has 1 saturated carbocycles. The number of nitrogens with one attached hydrogen (secondary N) is 1. The third-order valence-corrected chi connectivity index (χ3v) is 3.27. The predicted octanol–water partition coefficient (Wildman–Crippen LogP) is 3.60. The molecule has 1 N–H and O–H groups in total. The Hall–Kier alpha value is -1.03. The maximum Gasteiger partial charge on any atom is 0.416 e.